The number of hydrogen-bond acceptors (Lipinski definition) is 1. The molecule has 20 heavy (non-hydrogen) atoms. The summed E-state index contributed by atoms with van der Waals surface area (Å²) in [6.07, 6.45) is 0. The Morgan fingerprint density at radius 2 is 2.10 bits per heavy atom. The Kier molecular flexibility index (Phi) is 3.52. The van der Waals surface area contributed by atoms with E-state index in [1.165, 1.54) is 6.07 Å². The monoisotopic (exact) mass is 352 g/mol. The van der Waals surface area contributed by atoms with Gasteiger partial charge >= 0.3 is 0 Å². The summed E-state index contributed by atoms with van der Waals surface area (Å²) in [5.41, 5.74) is 3.19. The number of fused-ring (bicyclic) bond motifs is 1. The van der Waals surface area contributed by atoms with E-state index in [2.05, 4.69) is 20.9 Å². The Morgan fingerprint density at radius 1 is 1.30 bits per heavy atom. The van der Waals surface area contributed by atoms with Crippen LogP contribution in [0.15, 0.2) is 40.9 Å². The minimum Gasteiger partial charge on any atom is -0.292 e. The number of benzene rings is 2. The Morgan fingerprint density at radius 3 is 2.85 bits per heavy atom. The molecular weight excluding hydrogens is 343 g/mol. The zero-order valence-corrected chi connectivity index (χ0v) is 13.0. The van der Waals surface area contributed by atoms with Crippen molar-refractivity contribution in [1.82, 2.24) is 9.55 Å². The predicted molar refractivity (Wildman–Crippen MR) is 83.0 cm³/mol. The van der Waals surface area contributed by atoms with Crippen LogP contribution in [0.5, 0.6) is 0 Å². The number of aromatic nitrogens is 2. The first-order chi connectivity index (χ1) is 9.61. The number of rotatable bonds is 2. The van der Waals surface area contributed by atoms with Gasteiger partial charge in [0.2, 0.25) is 0 Å². The van der Waals surface area contributed by atoms with Gasteiger partial charge in [0.25, 0.3) is 0 Å². The Hall–Kier alpha value is -1.39. The average Bonchev–Trinajstić information content (AvgIpc) is 2.81. The first kappa shape index (κ1) is 13.6. The molecule has 1 aromatic heterocycles. The molecule has 0 aliphatic carbocycles. The highest BCUT2D eigenvalue weighted by Gasteiger charge is 2.16. The highest BCUT2D eigenvalue weighted by atomic mass is 79.9. The minimum absolute atomic E-state index is 0.222. The van der Waals surface area contributed by atoms with Crippen LogP contribution in [-0.2, 0) is 5.88 Å². The molecule has 3 aromatic rings. The molecule has 0 amide bonds. The minimum atomic E-state index is -0.304. The van der Waals surface area contributed by atoms with Crippen molar-refractivity contribution in [2.24, 2.45) is 0 Å². The summed E-state index contributed by atoms with van der Waals surface area (Å²) in [5.74, 6) is 0.551. The van der Waals surface area contributed by atoms with Crippen LogP contribution in [0.1, 0.15) is 11.4 Å². The van der Waals surface area contributed by atoms with E-state index in [-0.39, 0.29) is 11.7 Å². The topological polar surface area (TPSA) is 17.8 Å². The fourth-order valence-corrected chi connectivity index (χ4v) is 2.88. The highest BCUT2D eigenvalue weighted by Crippen LogP contribution is 2.28. The predicted octanol–water partition coefficient (Wildman–Crippen LogP) is 4.97. The van der Waals surface area contributed by atoms with E-state index in [1.54, 1.807) is 16.7 Å². The second kappa shape index (κ2) is 5.19. The summed E-state index contributed by atoms with van der Waals surface area (Å²) in [7, 11) is 0. The number of alkyl halides is 1. The van der Waals surface area contributed by atoms with E-state index in [0.717, 1.165) is 21.1 Å². The van der Waals surface area contributed by atoms with Gasteiger partial charge in [-0.3, -0.25) is 4.57 Å². The van der Waals surface area contributed by atoms with E-state index in [0.29, 0.717) is 11.5 Å². The van der Waals surface area contributed by atoms with Crippen molar-refractivity contribution in [3.8, 4) is 5.69 Å². The van der Waals surface area contributed by atoms with Gasteiger partial charge in [-0.25, -0.2) is 9.37 Å². The second-order valence-electron chi connectivity index (χ2n) is 4.54. The molecule has 2 aromatic carbocycles. The summed E-state index contributed by atoms with van der Waals surface area (Å²) in [6.45, 7) is 1.98. The first-order valence-corrected chi connectivity index (χ1v) is 7.43. The summed E-state index contributed by atoms with van der Waals surface area (Å²) >= 11 is 9.36. The van der Waals surface area contributed by atoms with Gasteiger partial charge < -0.3 is 0 Å². The van der Waals surface area contributed by atoms with Gasteiger partial charge in [-0.15, -0.1) is 11.6 Å². The van der Waals surface area contributed by atoms with Gasteiger partial charge in [0.15, 0.2) is 0 Å². The molecule has 0 unspecified atom stereocenters. The SMILES string of the molecule is Cc1cccc2nc(CCl)n(-c3cc(Br)ccc3F)c12. The van der Waals surface area contributed by atoms with E-state index < -0.39 is 0 Å². The molecule has 0 aliphatic rings. The molecule has 102 valence electrons. The summed E-state index contributed by atoms with van der Waals surface area (Å²) in [5, 5.41) is 0. The number of imidazole rings is 1. The van der Waals surface area contributed by atoms with Crippen LogP contribution in [0.4, 0.5) is 4.39 Å². The first-order valence-electron chi connectivity index (χ1n) is 6.10. The maximum absolute atomic E-state index is 14.2. The zero-order valence-electron chi connectivity index (χ0n) is 10.7. The lowest BCUT2D eigenvalue weighted by Crippen LogP contribution is -2.03. The molecule has 0 saturated heterocycles. The van der Waals surface area contributed by atoms with Crippen LogP contribution in [0.2, 0.25) is 0 Å². The van der Waals surface area contributed by atoms with Gasteiger partial charge in [-0.2, -0.15) is 0 Å². The average molecular weight is 354 g/mol. The molecule has 2 nitrogen and oxygen atoms in total. The van der Waals surface area contributed by atoms with Gasteiger partial charge in [-0.1, -0.05) is 28.1 Å². The lowest BCUT2D eigenvalue weighted by atomic mass is 10.2. The lowest BCUT2D eigenvalue weighted by molar-refractivity contribution is 0.617. The van der Waals surface area contributed by atoms with E-state index in [4.69, 9.17) is 11.6 Å². The number of nitrogens with zero attached hydrogens (tertiary/aromatic N) is 2. The van der Waals surface area contributed by atoms with Crippen molar-refractivity contribution in [3.63, 3.8) is 0 Å². The maximum Gasteiger partial charge on any atom is 0.147 e. The van der Waals surface area contributed by atoms with Crippen molar-refractivity contribution >= 4 is 38.6 Å². The third kappa shape index (κ3) is 2.13. The zero-order chi connectivity index (χ0) is 14.3. The van der Waals surface area contributed by atoms with Crippen LogP contribution in [0.25, 0.3) is 16.7 Å². The second-order valence-corrected chi connectivity index (χ2v) is 5.72. The van der Waals surface area contributed by atoms with Crippen LogP contribution >= 0.6 is 27.5 Å². The van der Waals surface area contributed by atoms with Crippen molar-refractivity contribution in [2.75, 3.05) is 0 Å². The molecular formula is C15H11BrClFN2. The molecule has 0 bridgehead atoms. The van der Waals surface area contributed by atoms with Gasteiger partial charge in [0.05, 0.1) is 22.6 Å². The van der Waals surface area contributed by atoms with Crippen molar-refractivity contribution in [3.05, 3.63) is 58.1 Å². The smallest absolute Gasteiger partial charge is 0.147 e. The van der Waals surface area contributed by atoms with Gasteiger partial charge in [-0.05, 0) is 36.8 Å². The van der Waals surface area contributed by atoms with Gasteiger partial charge in [0.1, 0.15) is 11.6 Å². The Labute approximate surface area is 129 Å². The summed E-state index contributed by atoms with van der Waals surface area (Å²) in [6, 6.07) is 10.7. The molecule has 0 aliphatic heterocycles. The van der Waals surface area contributed by atoms with Gasteiger partial charge in [0, 0.05) is 4.47 Å². The highest BCUT2D eigenvalue weighted by molar-refractivity contribution is 9.10. The molecule has 0 radical (unpaired) electrons. The van der Waals surface area contributed by atoms with Crippen molar-refractivity contribution < 1.29 is 4.39 Å². The van der Waals surface area contributed by atoms with Crippen LogP contribution in [0, 0.1) is 12.7 Å². The molecule has 0 fully saturated rings. The van der Waals surface area contributed by atoms with Crippen LogP contribution in [0.3, 0.4) is 0 Å². The van der Waals surface area contributed by atoms with Crippen LogP contribution in [-0.4, -0.2) is 9.55 Å². The number of para-hydroxylation sites is 1. The largest absolute Gasteiger partial charge is 0.292 e. The molecule has 0 spiro atoms. The van der Waals surface area contributed by atoms with E-state index in [1.807, 2.05) is 25.1 Å². The molecule has 0 N–H and O–H groups in total. The molecule has 0 saturated carbocycles. The van der Waals surface area contributed by atoms with Crippen LogP contribution < -0.4 is 0 Å². The molecule has 3 rings (SSSR count). The fraction of sp³-hybridized carbons (Fsp3) is 0.133. The van der Waals surface area contributed by atoms with Crippen molar-refractivity contribution in [2.45, 2.75) is 12.8 Å². The fourth-order valence-electron chi connectivity index (χ4n) is 2.35. The number of aryl methyl sites for hydroxylation is 1. The third-order valence-corrected chi connectivity index (χ3v) is 3.95. The Bertz CT molecular complexity index is 798. The molecule has 1 heterocycles. The normalized spacial score (nSPS) is 11.2. The third-order valence-electron chi connectivity index (χ3n) is 3.22. The molecule has 5 heteroatoms. The summed E-state index contributed by atoms with van der Waals surface area (Å²) < 4.78 is 16.8. The van der Waals surface area contributed by atoms with Crippen molar-refractivity contribution in [1.29, 1.82) is 0 Å². The molecule has 0 atom stereocenters. The van der Waals surface area contributed by atoms with E-state index >= 15 is 0 Å². The standard InChI is InChI=1S/C15H11BrClFN2/c1-9-3-2-4-12-15(9)20(14(8-17)19-12)13-7-10(16)5-6-11(13)18/h2-7H,8H2,1H3. The number of hydrogen-bond donors (Lipinski definition) is 0. The Balaban J connectivity index is 2.42. The quantitative estimate of drug-likeness (QED) is 0.594. The lowest BCUT2D eigenvalue weighted by Gasteiger charge is -2.11. The summed E-state index contributed by atoms with van der Waals surface area (Å²) in [4.78, 5) is 4.49. The van der Waals surface area contributed by atoms with E-state index in [9.17, 15) is 4.39 Å². The maximum atomic E-state index is 14.2. The number of halogens is 3.